The first-order valence-corrected chi connectivity index (χ1v) is 5.09. The fourth-order valence-electron chi connectivity index (χ4n) is 1.41. The third kappa shape index (κ3) is 3.49. The van der Waals surface area contributed by atoms with Crippen LogP contribution in [0.1, 0.15) is 30.6 Å². The van der Waals surface area contributed by atoms with Crippen molar-refractivity contribution in [3.05, 3.63) is 29.3 Å². The highest BCUT2D eigenvalue weighted by Gasteiger charge is 2.22. The van der Waals surface area contributed by atoms with Crippen LogP contribution < -0.4 is 10.5 Å². The van der Waals surface area contributed by atoms with Crippen molar-refractivity contribution in [1.82, 2.24) is 0 Å². The number of hydrogen-bond donors (Lipinski definition) is 1. The lowest BCUT2D eigenvalue weighted by molar-refractivity contribution is 0.0955. The summed E-state index contributed by atoms with van der Waals surface area (Å²) in [5, 5.41) is 0. The molecule has 0 aliphatic rings. The minimum Gasteiger partial charge on any atom is -0.494 e. The Kier molecular flexibility index (Phi) is 3.83. The largest absolute Gasteiger partial charge is 0.494 e. The van der Waals surface area contributed by atoms with Crippen molar-refractivity contribution >= 4 is 5.78 Å². The van der Waals surface area contributed by atoms with Crippen LogP contribution in [0.25, 0.3) is 0 Å². The van der Waals surface area contributed by atoms with Crippen molar-refractivity contribution in [2.45, 2.75) is 25.8 Å². The van der Waals surface area contributed by atoms with Gasteiger partial charge in [0.1, 0.15) is 5.82 Å². The molecule has 3 nitrogen and oxygen atoms in total. The molecule has 0 aliphatic heterocycles. The van der Waals surface area contributed by atoms with Crippen LogP contribution in [-0.4, -0.2) is 18.4 Å². The van der Waals surface area contributed by atoms with Crippen LogP contribution in [0.3, 0.4) is 0 Å². The van der Waals surface area contributed by atoms with E-state index in [0.717, 1.165) is 12.1 Å². The topological polar surface area (TPSA) is 52.3 Å². The zero-order valence-electron chi connectivity index (χ0n) is 10.0. The maximum Gasteiger partial charge on any atom is 0.167 e. The van der Waals surface area contributed by atoms with Crippen LogP contribution in [0.2, 0.25) is 0 Å². The van der Waals surface area contributed by atoms with Crippen molar-refractivity contribution in [2.24, 2.45) is 5.73 Å². The molecule has 5 heteroatoms. The van der Waals surface area contributed by atoms with Gasteiger partial charge in [0.15, 0.2) is 17.3 Å². The van der Waals surface area contributed by atoms with Gasteiger partial charge in [0, 0.05) is 18.0 Å². The molecule has 0 aromatic heterocycles. The molecule has 0 saturated carbocycles. The standard InChI is InChI=1S/C12H15F2NO2/c1-12(2,15)6-10(16)7-4-9(14)11(17-3)5-8(7)13/h4-5H,6,15H2,1-3H3. The SMILES string of the molecule is COc1cc(F)c(C(=O)CC(C)(C)N)cc1F. The smallest absolute Gasteiger partial charge is 0.167 e. The van der Waals surface area contributed by atoms with Crippen molar-refractivity contribution in [3.8, 4) is 5.75 Å². The van der Waals surface area contributed by atoms with E-state index in [1.165, 1.54) is 7.11 Å². The highest BCUT2D eigenvalue weighted by atomic mass is 19.1. The molecule has 0 radical (unpaired) electrons. The maximum absolute atomic E-state index is 13.5. The van der Waals surface area contributed by atoms with Gasteiger partial charge in [0.25, 0.3) is 0 Å². The van der Waals surface area contributed by atoms with E-state index in [1.54, 1.807) is 13.8 Å². The zero-order chi connectivity index (χ0) is 13.2. The Labute approximate surface area is 98.6 Å². The van der Waals surface area contributed by atoms with E-state index in [0.29, 0.717) is 0 Å². The maximum atomic E-state index is 13.5. The molecule has 1 aromatic carbocycles. The van der Waals surface area contributed by atoms with E-state index >= 15 is 0 Å². The van der Waals surface area contributed by atoms with Crippen molar-refractivity contribution < 1.29 is 18.3 Å². The highest BCUT2D eigenvalue weighted by Crippen LogP contribution is 2.23. The summed E-state index contributed by atoms with van der Waals surface area (Å²) in [6, 6.07) is 1.69. The number of hydrogen-bond acceptors (Lipinski definition) is 3. The minimum absolute atomic E-state index is 0.0598. The Morgan fingerprint density at radius 1 is 1.35 bits per heavy atom. The molecule has 2 N–H and O–H groups in total. The number of nitrogens with two attached hydrogens (primary N) is 1. The molecule has 0 spiro atoms. The summed E-state index contributed by atoms with van der Waals surface area (Å²) in [6.45, 7) is 3.28. The Balaban J connectivity index is 3.07. The van der Waals surface area contributed by atoms with Crippen LogP contribution >= 0.6 is 0 Å². The van der Waals surface area contributed by atoms with Gasteiger partial charge >= 0.3 is 0 Å². The van der Waals surface area contributed by atoms with E-state index in [4.69, 9.17) is 5.73 Å². The first-order valence-electron chi connectivity index (χ1n) is 5.09. The predicted molar refractivity (Wildman–Crippen MR) is 60.1 cm³/mol. The second kappa shape index (κ2) is 4.79. The first kappa shape index (κ1) is 13.6. The third-order valence-electron chi connectivity index (χ3n) is 2.16. The average Bonchev–Trinajstić information content (AvgIpc) is 2.18. The van der Waals surface area contributed by atoms with Crippen LogP contribution in [-0.2, 0) is 0 Å². The molecule has 0 bridgehead atoms. The van der Waals surface area contributed by atoms with E-state index in [9.17, 15) is 13.6 Å². The molecule has 0 aliphatic carbocycles. The summed E-state index contributed by atoms with van der Waals surface area (Å²) in [7, 11) is 1.22. The molecule has 1 rings (SSSR count). The van der Waals surface area contributed by atoms with Crippen LogP contribution in [0.5, 0.6) is 5.75 Å². The first-order chi connectivity index (χ1) is 7.74. The van der Waals surface area contributed by atoms with Crippen molar-refractivity contribution in [2.75, 3.05) is 7.11 Å². The molecule has 0 atom stereocenters. The zero-order valence-corrected chi connectivity index (χ0v) is 10.0. The second-order valence-electron chi connectivity index (χ2n) is 4.56. The number of rotatable bonds is 4. The Morgan fingerprint density at radius 3 is 2.41 bits per heavy atom. The fraction of sp³-hybridized carbons (Fsp3) is 0.417. The van der Waals surface area contributed by atoms with Gasteiger partial charge in [-0.3, -0.25) is 4.79 Å². The molecule has 0 heterocycles. The van der Waals surface area contributed by atoms with Crippen LogP contribution in [0.4, 0.5) is 8.78 Å². The number of halogens is 2. The molecule has 0 fully saturated rings. The van der Waals surface area contributed by atoms with Gasteiger partial charge in [-0.15, -0.1) is 0 Å². The van der Waals surface area contributed by atoms with Crippen LogP contribution in [0.15, 0.2) is 12.1 Å². The lowest BCUT2D eigenvalue weighted by Gasteiger charge is -2.17. The summed E-state index contributed by atoms with van der Waals surface area (Å²) in [5.41, 5.74) is 4.59. The summed E-state index contributed by atoms with van der Waals surface area (Å²) < 4.78 is 31.5. The number of carbonyl (C=O) groups is 1. The number of methoxy groups -OCH3 is 1. The monoisotopic (exact) mass is 243 g/mol. The second-order valence-corrected chi connectivity index (χ2v) is 4.56. The summed E-state index contributed by atoms with van der Waals surface area (Å²) >= 11 is 0. The Morgan fingerprint density at radius 2 is 1.94 bits per heavy atom. The fourth-order valence-corrected chi connectivity index (χ4v) is 1.41. The summed E-state index contributed by atoms with van der Waals surface area (Å²) in [6.07, 6.45) is -0.0598. The van der Waals surface area contributed by atoms with Crippen molar-refractivity contribution in [3.63, 3.8) is 0 Å². The Hall–Kier alpha value is -1.49. The summed E-state index contributed by atoms with van der Waals surface area (Å²) in [4.78, 5) is 11.7. The lowest BCUT2D eigenvalue weighted by Crippen LogP contribution is -2.34. The lowest BCUT2D eigenvalue weighted by atomic mass is 9.95. The molecular weight excluding hydrogens is 228 g/mol. The molecule has 1 aromatic rings. The van der Waals surface area contributed by atoms with Gasteiger partial charge in [-0.05, 0) is 19.9 Å². The number of Topliss-reactive ketones (excluding diaryl/α,β-unsaturated/α-hetero) is 1. The van der Waals surface area contributed by atoms with Gasteiger partial charge in [0.2, 0.25) is 0 Å². The van der Waals surface area contributed by atoms with Gasteiger partial charge in [-0.25, -0.2) is 8.78 Å². The molecule has 0 saturated heterocycles. The van der Waals surface area contributed by atoms with E-state index < -0.39 is 23.0 Å². The van der Waals surface area contributed by atoms with Crippen LogP contribution in [0, 0.1) is 11.6 Å². The molecular formula is C12H15F2NO2. The molecule has 17 heavy (non-hydrogen) atoms. The highest BCUT2D eigenvalue weighted by molar-refractivity contribution is 5.97. The van der Waals surface area contributed by atoms with E-state index in [1.807, 2.05) is 0 Å². The quantitative estimate of drug-likeness (QED) is 0.825. The minimum atomic E-state index is -0.808. The summed E-state index contributed by atoms with van der Waals surface area (Å²) in [5.74, 6) is -2.34. The predicted octanol–water partition coefficient (Wildman–Crippen LogP) is 2.28. The van der Waals surface area contributed by atoms with E-state index in [2.05, 4.69) is 4.74 Å². The molecule has 0 unspecified atom stereocenters. The van der Waals surface area contributed by atoms with Gasteiger partial charge in [0.05, 0.1) is 12.7 Å². The van der Waals surface area contributed by atoms with Crippen molar-refractivity contribution in [1.29, 1.82) is 0 Å². The number of ketones is 1. The normalized spacial score (nSPS) is 11.4. The molecule has 0 amide bonds. The third-order valence-corrected chi connectivity index (χ3v) is 2.16. The van der Waals surface area contributed by atoms with E-state index in [-0.39, 0.29) is 17.7 Å². The molecule has 94 valence electrons. The number of carbonyl (C=O) groups excluding carboxylic acids is 1. The van der Waals surface area contributed by atoms with Gasteiger partial charge in [-0.1, -0.05) is 0 Å². The average molecular weight is 243 g/mol. The van der Waals surface area contributed by atoms with Gasteiger partial charge < -0.3 is 10.5 Å². The van der Waals surface area contributed by atoms with Gasteiger partial charge in [-0.2, -0.15) is 0 Å². The number of ether oxygens (including phenoxy) is 1. The Bertz CT molecular complexity index is 439. The number of benzene rings is 1.